The van der Waals surface area contributed by atoms with E-state index >= 15 is 0 Å². The van der Waals surface area contributed by atoms with Crippen molar-refractivity contribution in [2.75, 3.05) is 20.8 Å². The second-order valence-corrected chi connectivity index (χ2v) is 6.13. The van der Waals surface area contributed by atoms with Crippen molar-refractivity contribution in [1.29, 1.82) is 0 Å². The Labute approximate surface area is 152 Å². The summed E-state index contributed by atoms with van der Waals surface area (Å²) in [5.41, 5.74) is -1.03. The number of alkyl carbamates (subject to hydrolysis) is 1. The van der Waals surface area contributed by atoms with Gasteiger partial charge in [0.25, 0.3) is 0 Å². The first kappa shape index (κ1) is 21.3. The smallest absolute Gasteiger partial charge is 0.412 e. The van der Waals surface area contributed by atoms with Gasteiger partial charge in [-0.05, 0) is 39.8 Å². The lowest BCUT2D eigenvalue weighted by molar-refractivity contribution is -0.138. The fraction of sp³-hybridized carbons (Fsp3) is 0.444. The average Bonchev–Trinajstić information content (AvgIpc) is 2.53. The number of carbonyl (C=O) groups is 2. The molecule has 0 unspecified atom stereocenters. The topological polar surface area (TPSA) is 83.1 Å². The van der Waals surface area contributed by atoms with Crippen LogP contribution in [0, 0.1) is 5.82 Å². The highest BCUT2D eigenvalue weighted by molar-refractivity contribution is 5.97. The number of halogens is 1. The number of hydrogen-bond donors (Lipinski definition) is 1. The Hall–Kier alpha value is -2.77. The van der Waals surface area contributed by atoms with Crippen LogP contribution in [0.5, 0.6) is 11.5 Å². The number of esters is 1. The summed E-state index contributed by atoms with van der Waals surface area (Å²) in [5, 5.41) is 2.29. The second-order valence-electron chi connectivity index (χ2n) is 6.13. The molecule has 0 spiro atoms. The van der Waals surface area contributed by atoms with E-state index in [-0.39, 0.29) is 29.4 Å². The van der Waals surface area contributed by atoms with E-state index in [2.05, 4.69) is 5.32 Å². The second kappa shape index (κ2) is 9.07. The lowest BCUT2D eigenvalue weighted by atomic mass is 10.1. The standard InChI is InChI=1S/C18H24FNO6/c1-7-25-16(21)13(20-17(22)26-18(2,3)4)8-11-9-14(23-5)15(24-6)10-12(11)19/h8-10H,7H2,1-6H3,(H,20,22). The van der Waals surface area contributed by atoms with Gasteiger partial charge >= 0.3 is 12.1 Å². The molecule has 26 heavy (non-hydrogen) atoms. The summed E-state index contributed by atoms with van der Waals surface area (Å²) >= 11 is 0. The first-order chi connectivity index (χ1) is 12.1. The van der Waals surface area contributed by atoms with Crippen molar-refractivity contribution in [2.24, 2.45) is 0 Å². The summed E-state index contributed by atoms with van der Waals surface area (Å²) in [6.45, 7) is 6.72. The third-order valence-electron chi connectivity index (χ3n) is 2.93. The van der Waals surface area contributed by atoms with Crippen molar-refractivity contribution in [3.8, 4) is 11.5 Å². The molecule has 0 saturated heterocycles. The maximum Gasteiger partial charge on any atom is 0.412 e. The Morgan fingerprint density at radius 1 is 1.15 bits per heavy atom. The number of carbonyl (C=O) groups excluding carboxylic acids is 2. The Balaban J connectivity index is 3.25. The van der Waals surface area contributed by atoms with E-state index in [9.17, 15) is 14.0 Å². The van der Waals surface area contributed by atoms with Crippen LogP contribution in [0.3, 0.4) is 0 Å². The molecule has 1 aromatic carbocycles. The van der Waals surface area contributed by atoms with Crippen LogP contribution in [-0.4, -0.2) is 38.5 Å². The maximum atomic E-state index is 14.3. The van der Waals surface area contributed by atoms with Gasteiger partial charge in [-0.1, -0.05) is 0 Å². The molecule has 1 amide bonds. The van der Waals surface area contributed by atoms with Crippen molar-refractivity contribution in [3.05, 3.63) is 29.2 Å². The molecule has 0 aromatic heterocycles. The van der Waals surface area contributed by atoms with Crippen LogP contribution in [0.4, 0.5) is 9.18 Å². The van der Waals surface area contributed by atoms with Gasteiger partial charge in [-0.15, -0.1) is 0 Å². The van der Waals surface area contributed by atoms with Crippen molar-refractivity contribution in [3.63, 3.8) is 0 Å². The third kappa shape index (κ3) is 6.27. The Morgan fingerprint density at radius 2 is 1.73 bits per heavy atom. The summed E-state index contributed by atoms with van der Waals surface area (Å²) in [4.78, 5) is 24.1. The van der Waals surface area contributed by atoms with Gasteiger partial charge in [-0.25, -0.2) is 14.0 Å². The molecule has 0 aliphatic heterocycles. The zero-order valence-electron chi connectivity index (χ0n) is 15.8. The number of ether oxygens (including phenoxy) is 4. The Kier molecular flexibility index (Phi) is 7.42. The molecule has 0 heterocycles. The minimum absolute atomic E-state index is 0.00163. The molecule has 1 N–H and O–H groups in total. The maximum absolute atomic E-state index is 14.3. The van der Waals surface area contributed by atoms with E-state index in [4.69, 9.17) is 18.9 Å². The van der Waals surface area contributed by atoms with Crippen LogP contribution in [-0.2, 0) is 14.3 Å². The van der Waals surface area contributed by atoms with Gasteiger partial charge < -0.3 is 18.9 Å². The first-order valence-corrected chi connectivity index (χ1v) is 7.91. The van der Waals surface area contributed by atoms with Crippen LogP contribution >= 0.6 is 0 Å². The van der Waals surface area contributed by atoms with E-state index in [1.807, 2.05) is 0 Å². The van der Waals surface area contributed by atoms with Crippen molar-refractivity contribution < 1.29 is 32.9 Å². The largest absolute Gasteiger partial charge is 0.493 e. The Bertz CT molecular complexity index is 694. The monoisotopic (exact) mass is 369 g/mol. The molecule has 0 atom stereocenters. The number of methoxy groups -OCH3 is 2. The molecule has 0 fully saturated rings. The van der Waals surface area contributed by atoms with Crippen LogP contribution < -0.4 is 14.8 Å². The highest BCUT2D eigenvalue weighted by atomic mass is 19.1. The molecule has 1 aromatic rings. The van der Waals surface area contributed by atoms with E-state index in [1.165, 1.54) is 20.3 Å². The van der Waals surface area contributed by atoms with Crippen LogP contribution in [0.15, 0.2) is 17.8 Å². The molecule has 7 nitrogen and oxygen atoms in total. The molecular formula is C18H24FNO6. The zero-order chi connectivity index (χ0) is 19.9. The lowest BCUT2D eigenvalue weighted by Crippen LogP contribution is -2.34. The minimum atomic E-state index is -0.863. The zero-order valence-corrected chi connectivity index (χ0v) is 15.8. The minimum Gasteiger partial charge on any atom is -0.493 e. The summed E-state index contributed by atoms with van der Waals surface area (Å²) in [6, 6.07) is 2.45. The van der Waals surface area contributed by atoms with Gasteiger partial charge in [-0.2, -0.15) is 0 Å². The molecular weight excluding hydrogens is 345 g/mol. The van der Waals surface area contributed by atoms with Crippen molar-refractivity contribution in [2.45, 2.75) is 33.3 Å². The number of nitrogens with one attached hydrogen (secondary N) is 1. The highest BCUT2D eigenvalue weighted by Gasteiger charge is 2.21. The molecule has 0 radical (unpaired) electrons. The average molecular weight is 369 g/mol. The summed E-state index contributed by atoms with van der Waals surface area (Å²) in [5.74, 6) is -1.04. The van der Waals surface area contributed by atoms with E-state index < -0.39 is 23.5 Å². The van der Waals surface area contributed by atoms with E-state index in [0.29, 0.717) is 0 Å². The molecule has 1 rings (SSSR count). The summed E-state index contributed by atoms with van der Waals surface area (Å²) < 4.78 is 34.4. The number of benzene rings is 1. The fourth-order valence-electron chi connectivity index (χ4n) is 1.90. The van der Waals surface area contributed by atoms with E-state index in [1.54, 1.807) is 27.7 Å². The van der Waals surface area contributed by atoms with Crippen molar-refractivity contribution >= 4 is 18.1 Å². The third-order valence-corrected chi connectivity index (χ3v) is 2.93. The van der Waals surface area contributed by atoms with Crippen LogP contribution in [0.25, 0.3) is 6.08 Å². The number of amides is 1. The van der Waals surface area contributed by atoms with Crippen molar-refractivity contribution in [1.82, 2.24) is 5.32 Å². The summed E-state index contributed by atoms with van der Waals surface area (Å²) in [6.07, 6.45) is 0.275. The van der Waals surface area contributed by atoms with Gasteiger partial charge in [0, 0.05) is 11.6 Å². The normalized spacial score (nSPS) is 11.6. The number of hydrogen-bond acceptors (Lipinski definition) is 6. The molecule has 8 heteroatoms. The predicted octanol–water partition coefficient (Wildman–Crippen LogP) is 3.27. The molecule has 0 aliphatic carbocycles. The van der Waals surface area contributed by atoms with Crippen LogP contribution in [0.2, 0.25) is 0 Å². The predicted molar refractivity (Wildman–Crippen MR) is 93.5 cm³/mol. The van der Waals surface area contributed by atoms with Gasteiger partial charge in [0.2, 0.25) is 0 Å². The molecule has 0 bridgehead atoms. The summed E-state index contributed by atoms with van der Waals surface area (Å²) in [7, 11) is 2.77. The van der Waals surface area contributed by atoms with Gasteiger partial charge in [0.15, 0.2) is 11.5 Å². The lowest BCUT2D eigenvalue weighted by Gasteiger charge is -2.20. The fourth-order valence-corrected chi connectivity index (χ4v) is 1.90. The SMILES string of the molecule is CCOC(=O)C(=Cc1cc(OC)c(OC)cc1F)NC(=O)OC(C)(C)C. The van der Waals surface area contributed by atoms with Gasteiger partial charge in [-0.3, -0.25) is 5.32 Å². The Morgan fingerprint density at radius 3 is 2.23 bits per heavy atom. The molecule has 0 saturated carbocycles. The molecule has 144 valence electrons. The molecule has 0 aliphatic rings. The quantitative estimate of drug-likeness (QED) is 0.612. The number of rotatable bonds is 6. The highest BCUT2D eigenvalue weighted by Crippen LogP contribution is 2.30. The first-order valence-electron chi connectivity index (χ1n) is 7.91. The van der Waals surface area contributed by atoms with Crippen LogP contribution in [0.1, 0.15) is 33.3 Å². The van der Waals surface area contributed by atoms with Gasteiger partial charge in [0.05, 0.1) is 20.8 Å². The van der Waals surface area contributed by atoms with Gasteiger partial charge in [0.1, 0.15) is 17.1 Å². The van der Waals surface area contributed by atoms with E-state index in [0.717, 1.165) is 12.1 Å².